The first-order valence-corrected chi connectivity index (χ1v) is 11.7. The van der Waals surface area contributed by atoms with Crippen molar-refractivity contribution in [2.75, 3.05) is 0 Å². The minimum atomic E-state index is 0.0502. The van der Waals surface area contributed by atoms with Crippen molar-refractivity contribution in [3.63, 3.8) is 0 Å². The highest BCUT2D eigenvalue weighted by Crippen LogP contribution is 2.50. The Hall–Kier alpha value is -2.09. The van der Waals surface area contributed by atoms with E-state index in [1.165, 1.54) is 47.8 Å². The first-order valence-electron chi connectivity index (χ1n) is 11.7. The molecule has 2 bridgehead atoms. The average Bonchev–Trinajstić information content (AvgIpc) is 3.32. The molecule has 0 spiro atoms. The molecule has 1 aliphatic heterocycles. The molecule has 2 aromatic carbocycles. The number of fused-ring (bicyclic) bond motifs is 9. The van der Waals surface area contributed by atoms with Crippen molar-refractivity contribution >= 4 is 10.9 Å². The fourth-order valence-electron chi connectivity index (χ4n) is 7.07. The molecule has 1 saturated carbocycles. The van der Waals surface area contributed by atoms with Gasteiger partial charge in [0.05, 0.1) is 10.8 Å². The standard InChI is InChI=1S/C27H33N2/c1-5-26(3)23-9-7-8-10-24(23)29-25-16-20-14-18-11-12-19(13-18)22(20)15-21(25)17-28(29)27(26,4)6-2/h7-10,15-19H,5-6,11-14H2,1-4H3/q+1. The predicted molar refractivity (Wildman–Crippen MR) is 119 cm³/mol. The number of aromatic nitrogens is 2. The molecule has 2 heteroatoms. The molecule has 3 aromatic rings. The maximum Gasteiger partial charge on any atom is 0.204 e. The van der Waals surface area contributed by atoms with Crippen LogP contribution < -0.4 is 4.68 Å². The summed E-state index contributed by atoms with van der Waals surface area (Å²) >= 11 is 0. The van der Waals surface area contributed by atoms with Crippen LogP contribution in [-0.4, -0.2) is 4.68 Å². The van der Waals surface area contributed by atoms with Crippen LogP contribution in [0.2, 0.25) is 0 Å². The molecule has 0 amide bonds. The molecular weight excluding hydrogens is 352 g/mol. The van der Waals surface area contributed by atoms with E-state index >= 15 is 0 Å². The number of hydrogen-bond acceptors (Lipinski definition) is 0. The highest BCUT2D eigenvalue weighted by Gasteiger charge is 2.57. The molecule has 4 unspecified atom stereocenters. The number of hydrogen-bond donors (Lipinski definition) is 0. The minimum Gasteiger partial charge on any atom is -0.120 e. The molecule has 2 nitrogen and oxygen atoms in total. The molecule has 1 aromatic heterocycles. The average molecular weight is 386 g/mol. The van der Waals surface area contributed by atoms with Crippen molar-refractivity contribution in [3.05, 3.63) is 59.3 Å². The third kappa shape index (κ3) is 2.05. The molecular formula is C27H33N2+. The second-order valence-corrected chi connectivity index (χ2v) is 10.3. The van der Waals surface area contributed by atoms with E-state index in [2.05, 4.69) is 79.7 Å². The van der Waals surface area contributed by atoms with Crippen molar-refractivity contribution in [1.29, 1.82) is 0 Å². The van der Waals surface area contributed by atoms with Gasteiger partial charge in [-0.25, -0.2) is 0 Å². The Kier molecular flexibility index (Phi) is 3.51. The lowest BCUT2D eigenvalue weighted by Crippen LogP contribution is -2.70. The lowest BCUT2D eigenvalue weighted by molar-refractivity contribution is -0.834. The molecule has 150 valence electrons. The van der Waals surface area contributed by atoms with Crippen LogP contribution in [0.25, 0.3) is 16.6 Å². The molecule has 4 atom stereocenters. The zero-order valence-corrected chi connectivity index (χ0v) is 18.3. The minimum absolute atomic E-state index is 0.0502. The van der Waals surface area contributed by atoms with E-state index in [0.717, 1.165) is 24.7 Å². The monoisotopic (exact) mass is 385 g/mol. The van der Waals surface area contributed by atoms with Gasteiger partial charge in [0.2, 0.25) is 6.20 Å². The lowest BCUT2D eigenvalue weighted by atomic mass is 9.63. The number of rotatable bonds is 2. The predicted octanol–water partition coefficient (Wildman–Crippen LogP) is 6.16. The molecule has 6 rings (SSSR count). The normalized spacial score (nSPS) is 32.1. The highest BCUT2D eigenvalue weighted by atomic mass is 15.4. The highest BCUT2D eigenvalue weighted by molar-refractivity contribution is 5.82. The van der Waals surface area contributed by atoms with Crippen molar-refractivity contribution < 1.29 is 4.68 Å². The Morgan fingerprint density at radius 2 is 1.90 bits per heavy atom. The van der Waals surface area contributed by atoms with Gasteiger partial charge in [-0.2, -0.15) is 0 Å². The summed E-state index contributed by atoms with van der Waals surface area (Å²) in [5.74, 6) is 1.73. The molecule has 0 saturated heterocycles. The third-order valence-electron chi connectivity index (χ3n) is 9.30. The van der Waals surface area contributed by atoms with Gasteiger partial charge < -0.3 is 0 Å². The smallest absolute Gasteiger partial charge is 0.120 e. The summed E-state index contributed by atoms with van der Waals surface area (Å²) in [6.45, 7) is 9.68. The quantitative estimate of drug-likeness (QED) is 0.467. The second kappa shape index (κ2) is 5.74. The molecule has 29 heavy (non-hydrogen) atoms. The van der Waals surface area contributed by atoms with Gasteiger partial charge in [-0.3, -0.25) is 0 Å². The second-order valence-electron chi connectivity index (χ2n) is 10.3. The fourth-order valence-corrected chi connectivity index (χ4v) is 7.07. The van der Waals surface area contributed by atoms with Gasteiger partial charge in [-0.1, -0.05) is 32.0 Å². The molecule has 1 fully saturated rings. The topological polar surface area (TPSA) is 8.81 Å². The van der Waals surface area contributed by atoms with Crippen LogP contribution >= 0.6 is 0 Å². The van der Waals surface area contributed by atoms with Gasteiger partial charge in [-0.05, 0) is 85.8 Å². The summed E-state index contributed by atoms with van der Waals surface area (Å²) in [4.78, 5) is 0. The summed E-state index contributed by atoms with van der Waals surface area (Å²) in [6, 6.07) is 14.2. The molecule has 2 aliphatic carbocycles. The van der Waals surface area contributed by atoms with E-state index in [4.69, 9.17) is 0 Å². The van der Waals surface area contributed by atoms with E-state index in [1.54, 1.807) is 11.1 Å². The van der Waals surface area contributed by atoms with Gasteiger partial charge in [0.25, 0.3) is 0 Å². The van der Waals surface area contributed by atoms with Crippen molar-refractivity contribution in [2.24, 2.45) is 5.92 Å². The molecule has 2 heterocycles. The third-order valence-corrected chi connectivity index (χ3v) is 9.30. The summed E-state index contributed by atoms with van der Waals surface area (Å²) in [5, 5.41) is 1.42. The van der Waals surface area contributed by atoms with Crippen LogP contribution in [0.4, 0.5) is 0 Å². The van der Waals surface area contributed by atoms with Crippen LogP contribution in [-0.2, 0) is 17.4 Å². The molecule has 0 N–H and O–H groups in total. The maximum absolute atomic E-state index is 2.59. The number of para-hydroxylation sites is 1. The van der Waals surface area contributed by atoms with E-state index < -0.39 is 0 Å². The number of nitrogens with zero attached hydrogens (tertiary/aromatic N) is 2. The van der Waals surface area contributed by atoms with Crippen molar-refractivity contribution in [1.82, 2.24) is 4.68 Å². The summed E-state index contributed by atoms with van der Waals surface area (Å²) in [5.41, 5.74) is 7.71. The maximum atomic E-state index is 2.59. The van der Waals surface area contributed by atoms with Gasteiger partial charge in [-0.15, -0.1) is 9.36 Å². The fraction of sp³-hybridized carbons (Fsp3) is 0.519. The van der Waals surface area contributed by atoms with Crippen LogP contribution in [0.15, 0.2) is 42.6 Å². The van der Waals surface area contributed by atoms with E-state index in [0.29, 0.717) is 0 Å². The zero-order chi connectivity index (χ0) is 20.0. The SMILES string of the molecule is CCC1(C)c2ccccc2-n2c3cc4c(cc3c[n+]2C1(C)CC)C1CCC(C4)C1. The van der Waals surface area contributed by atoms with Crippen molar-refractivity contribution in [3.8, 4) is 5.69 Å². The Labute approximate surface area is 174 Å². The Morgan fingerprint density at radius 1 is 1.07 bits per heavy atom. The first-order chi connectivity index (χ1) is 14.0. The lowest BCUT2D eigenvalue weighted by Gasteiger charge is -2.45. The van der Waals surface area contributed by atoms with E-state index in [1.807, 2.05) is 0 Å². The summed E-state index contributed by atoms with van der Waals surface area (Å²) < 4.78 is 5.13. The largest absolute Gasteiger partial charge is 0.204 e. The van der Waals surface area contributed by atoms with Crippen molar-refractivity contribution in [2.45, 2.75) is 83.1 Å². The molecule has 0 radical (unpaired) electrons. The molecule has 3 aliphatic rings. The van der Waals surface area contributed by atoms with Gasteiger partial charge in [0.1, 0.15) is 11.2 Å². The van der Waals surface area contributed by atoms with E-state index in [9.17, 15) is 0 Å². The van der Waals surface area contributed by atoms with Crippen LogP contribution in [0.3, 0.4) is 0 Å². The number of benzene rings is 2. The zero-order valence-electron chi connectivity index (χ0n) is 18.3. The first kappa shape index (κ1) is 17.7. The van der Waals surface area contributed by atoms with Gasteiger partial charge in [0, 0.05) is 13.3 Å². The Bertz CT molecular complexity index is 1140. The summed E-state index contributed by atoms with van der Waals surface area (Å²) in [6.07, 6.45) is 10.3. The van der Waals surface area contributed by atoms with Crippen LogP contribution in [0.1, 0.15) is 82.4 Å². The van der Waals surface area contributed by atoms with E-state index in [-0.39, 0.29) is 11.0 Å². The Balaban J connectivity index is 1.70. The van der Waals surface area contributed by atoms with Crippen LogP contribution in [0.5, 0.6) is 0 Å². The Morgan fingerprint density at radius 3 is 2.69 bits per heavy atom. The van der Waals surface area contributed by atoms with Gasteiger partial charge >= 0.3 is 0 Å². The van der Waals surface area contributed by atoms with Gasteiger partial charge in [0.15, 0.2) is 5.54 Å². The van der Waals surface area contributed by atoms with Crippen LogP contribution in [0, 0.1) is 5.92 Å². The summed E-state index contributed by atoms with van der Waals surface area (Å²) in [7, 11) is 0.